The zero-order chi connectivity index (χ0) is 20.2. The average molecular weight is 450 g/mol. The van der Waals surface area contributed by atoms with Gasteiger partial charge in [-0.25, -0.2) is 4.90 Å². The molecule has 0 aromatic heterocycles. The van der Waals surface area contributed by atoms with E-state index >= 15 is 0 Å². The second-order valence-electron chi connectivity index (χ2n) is 6.81. The number of esters is 2. The molecule has 4 rings (SSSR count). The zero-order valence-electron chi connectivity index (χ0n) is 15.0. The Morgan fingerprint density at radius 1 is 1.14 bits per heavy atom. The Hall–Kier alpha value is -2.52. The van der Waals surface area contributed by atoms with Crippen molar-refractivity contribution in [3.8, 4) is 0 Å². The number of anilines is 1. The summed E-state index contributed by atoms with van der Waals surface area (Å²) in [6, 6.07) is 6.87. The molecule has 28 heavy (non-hydrogen) atoms. The highest BCUT2D eigenvalue weighted by atomic mass is 79.9. The first kappa shape index (κ1) is 18.8. The first-order valence-corrected chi connectivity index (χ1v) is 9.39. The van der Waals surface area contributed by atoms with Crippen LogP contribution in [0.1, 0.15) is 13.8 Å². The van der Waals surface area contributed by atoms with E-state index < -0.39 is 53.6 Å². The molecule has 0 aliphatic carbocycles. The Kier molecular flexibility index (Phi) is 4.39. The second-order valence-corrected chi connectivity index (χ2v) is 7.67. The van der Waals surface area contributed by atoms with E-state index in [0.29, 0.717) is 10.2 Å². The largest absolute Gasteiger partial charge is 0.422 e. The summed E-state index contributed by atoms with van der Waals surface area (Å²) in [6.45, 7) is 2.31. The van der Waals surface area contributed by atoms with Crippen molar-refractivity contribution in [3.05, 3.63) is 40.9 Å². The minimum atomic E-state index is -1.55. The van der Waals surface area contributed by atoms with E-state index in [1.165, 1.54) is 0 Å². The summed E-state index contributed by atoms with van der Waals surface area (Å²) >= 11 is 3.36. The maximum atomic E-state index is 13.3. The number of carbonyl (C=O) groups excluding carboxylic acids is 4. The molecule has 2 saturated heterocycles. The standard InChI is InChI=1S/C19H16BrNO7/c1-9(22)26-18(27-10(2)23)19-8-7-13(28-19)14-15(19)17(25)21(16(14)24)12-6-4-3-5-11(12)20/h3-8,13-15,18H,1-2H3/t13-,14-,15+,19-/m0/s1. The van der Waals surface area contributed by atoms with Gasteiger partial charge in [-0.1, -0.05) is 18.2 Å². The summed E-state index contributed by atoms with van der Waals surface area (Å²) < 4.78 is 16.8. The van der Waals surface area contributed by atoms with Crippen molar-refractivity contribution in [3.63, 3.8) is 0 Å². The summed E-state index contributed by atoms with van der Waals surface area (Å²) in [4.78, 5) is 50.7. The lowest BCUT2D eigenvalue weighted by molar-refractivity contribution is -0.226. The van der Waals surface area contributed by atoms with E-state index in [-0.39, 0.29) is 0 Å². The number of imide groups is 1. The molecule has 3 heterocycles. The molecule has 0 saturated carbocycles. The van der Waals surface area contributed by atoms with E-state index in [2.05, 4.69) is 15.9 Å². The van der Waals surface area contributed by atoms with E-state index in [0.717, 1.165) is 18.7 Å². The Morgan fingerprint density at radius 3 is 2.39 bits per heavy atom. The van der Waals surface area contributed by atoms with E-state index in [9.17, 15) is 19.2 Å². The van der Waals surface area contributed by atoms with Gasteiger partial charge in [0.2, 0.25) is 11.8 Å². The predicted octanol–water partition coefficient (Wildman–Crippen LogP) is 1.71. The third-order valence-corrected chi connectivity index (χ3v) is 5.76. The molecule has 0 N–H and O–H groups in total. The lowest BCUT2D eigenvalue weighted by Gasteiger charge is -2.34. The Morgan fingerprint density at radius 2 is 1.79 bits per heavy atom. The second kappa shape index (κ2) is 6.52. The number of nitrogens with zero attached hydrogens (tertiary/aromatic N) is 1. The SMILES string of the molecule is CC(=O)OC(OC(C)=O)[C@@]12C=C[C@H](O1)[C@@H]1C(=O)N(c3ccccc3Br)C(=O)[C@@H]12. The maximum Gasteiger partial charge on any atom is 0.305 e. The van der Waals surface area contributed by atoms with Gasteiger partial charge in [-0.05, 0) is 34.1 Å². The predicted molar refractivity (Wildman–Crippen MR) is 97.7 cm³/mol. The van der Waals surface area contributed by atoms with Crippen LogP contribution in [0.15, 0.2) is 40.9 Å². The summed E-state index contributed by atoms with van der Waals surface area (Å²) in [5, 5.41) is 0. The molecule has 0 unspecified atom stereocenters. The van der Waals surface area contributed by atoms with E-state index in [4.69, 9.17) is 14.2 Å². The molecule has 3 aliphatic rings. The van der Waals surface area contributed by atoms with Crippen molar-refractivity contribution in [2.75, 3.05) is 4.90 Å². The van der Waals surface area contributed by atoms with Gasteiger partial charge in [-0.15, -0.1) is 0 Å². The summed E-state index contributed by atoms with van der Waals surface area (Å²) in [5.74, 6) is -4.10. The van der Waals surface area contributed by atoms with Crippen molar-refractivity contribution in [2.24, 2.45) is 11.8 Å². The number of benzene rings is 1. The van der Waals surface area contributed by atoms with Crippen LogP contribution in [0.5, 0.6) is 0 Å². The Bertz CT molecular complexity index is 913. The van der Waals surface area contributed by atoms with Gasteiger partial charge in [0.1, 0.15) is 0 Å². The van der Waals surface area contributed by atoms with Crippen LogP contribution in [-0.2, 0) is 33.4 Å². The topological polar surface area (TPSA) is 99.2 Å². The summed E-state index contributed by atoms with van der Waals surface area (Å²) in [7, 11) is 0. The first-order chi connectivity index (χ1) is 13.3. The van der Waals surface area contributed by atoms with Crippen LogP contribution in [0.3, 0.4) is 0 Å². The molecule has 2 amide bonds. The maximum absolute atomic E-state index is 13.3. The minimum Gasteiger partial charge on any atom is -0.422 e. The molecule has 1 aromatic carbocycles. The van der Waals surface area contributed by atoms with Gasteiger partial charge in [-0.2, -0.15) is 0 Å². The van der Waals surface area contributed by atoms with Gasteiger partial charge in [0, 0.05) is 18.3 Å². The smallest absolute Gasteiger partial charge is 0.305 e. The number of hydrogen-bond acceptors (Lipinski definition) is 7. The number of carbonyl (C=O) groups is 4. The fourth-order valence-corrected chi connectivity index (χ4v) is 4.55. The minimum absolute atomic E-state index is 0.414. The number of para-hydroxylation sites is 1. The van der Waals surface area contributed by atoms with Crippen LogP contribution >= 0.6 is 15.9 Å². The van der Waals surface area contributed by atoms with Crippen molar-refractivity contribution < 1.29 is 33.4 Å². The van der Waals surface area contributed by atoms with E-state index in [1.54, 1.807) is 36.4 Å². The average Bonchev–Trinajstić information content (AvgIpc) is 3.26. The molecule has 0 spiro atoms. The Balaban J connectivity index is 1.77. The third kappa shape index (κ3) is 2.61. The van der Waals surface area contributed by atoms with Gasteiger partial charge in [0.15, 0.2) is 5.60 Å². The highest BCUT2D eigenvalue weighted by Gasteiger charge is 2.72. The van der Waals surface area contributed by atoms with Crippen LogP contribution in [0.25, 0.3) is 0 Å². The van der Waals surface area contributed by atoms with E-state index in [1.807, 2.05) is 0 Å². The monoisotopic (exact) mass is 449 g/mol. The molecule has 0 radical (unpaired) electrons. The van der Waals surface area contributed by atoms with Gasteiger partial charge >= 0.3 is 11.9 Å². The van der Waals surface area contributed by atoms with Crippen molar-refractivity contribution in [2.45, 2.75) is 31.8 Å². The summed E-state index contributed by atoms with van der Waals surface area (Å²) in [6.07, 6.45) is 1.03. The quantitative estimate of drug-likeness (QED) is 0.298. The lowest BCUT2D eigenvalue weighted by Crippen LogP contribution is -2.52. The van der Waals surface area contributed by atoms with Crippen LogP contribution in [0, 0.1) is 11.8 Å². The van der Waals surface area contributed by atoms with Crippen LogP contribution in [-0.4, -0.2) is 41.7 Å². The zero-order valence-corrected chi connectivity index (χ0v) is 16.5. The highest BCUT2D eigenvalue weighted by molar-refractivity contribution is 9.10. The molecule has 146 valence electrons. The third-order valence-electron chi connectivity index (χ3n) is 5.09. The van der Waals surface area contributed by atoms with Crippen LogP contribution in [0.2, 0.25) is 0 Å². The fraction of sp³-hybridized carbons (Fsp3) is 0.368. The number of fused-ring (bicyclic) bond motifs is 5. The number of ether oxygens (including phenoxy) is 3. The molecule has 9 heteroatoms. The summed E-state index contributed by atoms with van der Waals surface area (Å²) in [5.41, 5.74) is -1.13. The van der Waals surface area contributed by atoms with Crippen LogP contribution in [0.4, 0.5) is 5.69 Å². The number of hydrogen-bond donors (Lipinski definition) is 0. The van der Waals surface area contributed by atoms with Crippen molar-refractivity contribution in [1.82, 2.24) is 0 Å². The van der Waals surface area contributed by atoms with Gasteiger partial charge in [-0.3, -0.25) is 19.2 Å². The number of rotatable bonds is 4. The molecule has 2 fully saturated rings. The van der Waals surface area contributed by atoms with Gasteiger partial charge in [0.25, 0.3) is 6.29 Å². The number of halogens is 1. The molecule has 3 aliphatic heterocycles. The van der Waals surface area contributed by atoms with Crippen molar-refractivity contribution in [1.29, 1.82) is 0 Å². The molecular weight excluding hydrogens is 434 g/mol. The number of amides is 2. The normalized spacial score (nSPS) is 30.1. The van der Waals surface area contributed by atoms with Crippen molar-refractivity contribution >= 4 is 45.4 Å². The molecule has 2 bridgehead atoms. The fourth-order valence-electron chi connectivity index (χ4n) is 4.09. The van der Waals surface area contributed by atoms with Gasteiger partial charge in [0.05, 0.1) is 23.6 Å². The lowest BCUT2D eigenvalue weighted by atomic mass is 9.76. The highest BCUT2D eigenvalue weighted by Crippen LogP contribution is 2.55. The first-order valence-electron chi connectivity index (χ1n) is 8.60. The molecule has 8 nitrogen and oxygen atoms in total. The van der Waals surface area contributed by atoms with Crippen LogP contribution < -0.4 is 4.90 Å². The molecule has 4 atom stereocenters. The Labute approximate surface area is 168 Å². The molecular formula is C19H16BrNO7. The van der Waals surface area contributed by atoms with Gasteiger partial charge < -0.3 is 14.2 Å². The molecule has 1 aromatic rings.